The van der Waals surface area contributed by atoms with Crippen LogP contribution in [0.5, 0.6) is 5.75 Å². The third-order valence-corrected chi connectivity index (χ3v) is 8.02. The van der Waals surface area contributed by atoms with Crippen molar-refractivity contribution in [3.63, 3.8) is 0 Å². The van der Waals surface area contributed by atoms with Crippen molar-refractivity contribution in [3.05, 3.63) is 94.5 Å². The van der Waals surface area contributed by atoms with Crippen LogP contribution in [0.4, 0.5) is 5.69 Å². The number of nitrogens with zero attached hydrogens (tertiary/aromatic N) is 2. The maximum atomic E-state index is 13.8. The standard InChI is InChI=1S/C30H36BrN3O5S/c1-4-39-28-17-9-8-16-26(28)34(40(3,37)38)19-11-18-29(35)33(22-24-14-10-15-25(31)20-24)27(30(36)32-2)21-23-12-6-5-7-13-23/h5-10,12-17,20,27H,4,11,18-19,21-22H2,1-3H3,(H,32,36). The number of hydrogen-bond acceptors (Lipinski definition) is 5. The van der Waals surface area contributed by atoms with Crippen LogP contribution in [0.25, 0.3) is 0 Å². The van der Waals surface area contributed by atoms with Crippen LogP contribution in [0, 0.1) is 0 Å². The van der Waals surface area contributed by atoms with Crippen LogP contribution in [-0.4, -0.2) is 57.6 Å². The van der Waals surface area contributed by atoms with E-state index in [4.69, 9.17) is 4.74 Å². The van der Waals surface area contributed by atoms with Crippen molar-refractivity contribution in [2.75, 3.05) is 30.8 Å². The van der Waals surface area contributed by atoms with Gasteiger partial charge < -0.3 is 15.0 Å². The number of rotatable bonds is 14. The van der Waals surface area contributed by atoms with E-state index in [-0.39, 0.29) is 37.7 Å². The summed E-state index contributed by atoms with van der Waals surface area (Å²) in [5.41, 5.74) is 2.23. The molecule has 1 N–H and O–H groups in total. The topological polar surface area (TPSA) is 96.0 Å². The van der Waals surface area contributed by atoms with E-state index in [1.54, 1.807) is 36.2 Å². The van der Waals surface area contributed by atoms with Crippen molar-refractivity contribution in [2.24, 2.45) is 0 Å². The molecule has 0 aliphatic heterocycles. The Morgan fingerprint density at radius 2 is 1.65 bits per heavy atom. The first-order valence-corrected chi connectivity index (χ1v) is 15.8. The van der Waals surface area contributed by atoms with E-state index < -0.39 is 16.1 Å². The van der Waals surface area contributed by atoms with Gasteiger partial charge in [-0.15, -0.1) is 0 Å². The number of hydrogen-bond donors (Lipinski definition) is 1. The highest BCUT2D eigenvalue weighted by atomic mass is 79.9. The molecule has 1 atom stereocenters. The second-order valence-corrected chi connectivity index (χ2v) is 12.1. The van der Waals surface area contributed by atoms with Crippen LogP contribution < -0.4 is 14.4 Å². The Hall–Kier alpha value is -3.37. The van der Waals surface area contributed by atoms with Gasteiger partial charge in [0.2, 0.25) is 21.8 Å². The van der Waals surface area contributed by atoms with E-state index in [0.717, 1.165) is 21.9 Å². The Morgan fingerprint density at radius 3 is 2.30 bits per heavy atom. The first-order valence-electron chi connectivity index (χ1n) is 13.1. The number of halogens is 1. The van der Waals surface area contributed by atoms with Gasteiger partial charge in [0, 0.05) is 37.5 Å². The van der Waals surface area contributed by atoms with E-state index in [1.807, 2.05) is 61.5 Å². The van der Waals surface area contributed by atoms with Crippen molar-refractivity contribution in [1.29, 1.82) is 0 Å². The number of anilines is 1. The van der Waals surface area contributed by atoms with Gasteiger partial charge in [-0.2, -0.15) is 0 Å². The first kappa shape index (κ1) is 31.2. The fourth-order valence-electron chi connectivity index (χ4n) is 4.48. The molecule has 0 saturated carbocycles. The SMILES string of the molecule is CCOc1ccccc1N(CCCC(=O)N(Cc1cccc(Br)c1)C(Cc1ccccc1)C(=O)NC)S(C)(=O)=O. The fourth-order valence-corrected chi connectivity index (χ4v) is 5.89. The largest absolute Gasteiger partial charge is 0.492 e. The lowest BCUT2D eigenvalue weighted by Gasteiger charge is -2.31. The molecule has 214 valence electrons. The highest BCUT2D eigenvalue weighted by Crippen LogP contribution is 2.30. The summed E-state index contributed by atoms with van der Waals surface area (Å²) in [6.07, 6.45) is 1.79. The number of carbonyl (C=O) groups is 2. The summed E-state index contributed by atoms with van der Waals surface area (Å²) < 4.78 is 33.2. The molecule has 40 heavy (non-hydrogen) atoms. The lowest BCUT2D eigenvalue weighted by atomic mass is 10.0. The molecule has 0 aliphatic carbocycles. The minimum atomic E-state index is -3.65. The zero-order valence-electron chi connectivity index (χ0n) is 23.0. The molecule has 0 fully saturated rings. The Labute approximate surface area is 245 Å². The Kier molecular flexibility index (Phi) is 11.6. The number of carbonyl (C=O) groups excluding carboxylic acids is 2. The van der Waals surface area contributed by atoms with Crippen LogP contribution in [0.1, 0.15) is 30.9 Å². The minimum Gasteiger partial charge on any atom is -0.492 e. The molecule has 2 amide bonds. The summed E-state index contributed by atoms with van der Waals surface area (Å²) in [5.74, 6) is -0.0489. The van der Waals surface area contributed by atoms with Crippen LogP contribution in [0.2, 0.25) is 0 Å². The molecule has 0 heterocycles. The second-order valence-electron chi connectivity index (χ2n) is 9.31. The fraction of sp³-hybridized carbons (Fsp3) is 0.333. The second kappa shape index (κ2) is 14.9. The third-order valence-electron chi connectivity index (χ3n) is 6.35. The Balaban J connectivity index is 1.86. The minimum absolute atomic E-state index is 0.0547. The summed E-state index contributed by atoms with van der Waals surface area (Å²) in [6.45, 7) is 2.53. The molecule has 0 aliphatic rings. The van der Waals surface area contributed by atoms with Gasteiger partial charge in [0.15, 0.2) is 0 Å². The van der Waals surface area contributed by atoms with E-state index in [9.17, 15) is 18.0 Å². The molecule has 8 nitrogen and oxygen atoms in total. The van der Waals surface area contributed by atoms with E-state index in [1.165, 1.54) is 4.31 Å². The molecular weight excluding hydrogens is 594 g/mol. The summed E-state index contributed by atoms with van der Waals surface area (Å²) in [5, 5.41) is 2.71. The van der Waals surface area contributed by atoms with E-state index in [2.05, 4.69) is 21.2 Å². The summed E-state index contributed by atoms with van der Waals surface area (Å²) in [4.78, 5) is 28.5. The highest BCUT2D eigenvalue weighted by molar-refractivity contribution is 9.10. The van der Waals surface area contributed by atoms with Gasteiger partial charge in [0.05, 0.1) is 18.6 Å². The zero-order valence-corrected chi connectivity index (χ0v) is 25.4. The average Bonchev–Trinajstić information content (AvgIpc) is 2.93. The van der Waals surface area contributed by atoms with Gasteiger partial charge in [-0.05, 0) is 48.7 Å². The molecule has 0 spiro atoms. The molecular formula is C30H36BrN3O5S. The van der Waals surface area contributed by atoms with Crippen molar-refractivity contribution in [3.8, 4) is 5.75 Å². The van der Waals surface area contributed by atoms with Crippen molar-refractivity contribution in [1.82, 2.24) is 10.2 Å². The molecule has 3 aromatic carbocycles. The molecule has 10 heteroatoms. The summed E-state index contributed by atoms with van der Waals surface area (Å²) >= 11 is 3.48. The van der Waals surface area contributed by atoms with Crippen LogP contribution in [-0.2, 0) is 32.6 Å². The lowest BCUT2D eigenvalue weighted by molar-refractivity contribution is -0.141. The van der Waals surface area contributed by atoms with Crippen molar-refractivity contribution < 1.29 is 22.7 Å². The van der Waals surface area contributed by atoms with Gasteiger partial charge in [0.1, 0.15) is 11.8 Å². The van der Waals surface area contributed by atoms with E-state index >= 15 is 0 Å². The molecule has 0 saturated heterocycles. The van der Waals surface area contributed by atoms with Gasteiger partial charge in [-0.3, -0.25) is 13.9 Å². The van der Waals surface area contributed by atoms with Crippen molar-refractivity contribution in [2.45, 2.75) is 38.8 Å². The Morgan fingerprint density at radius 1 is 0.975 bits per heavy atom. The maximum Gasteiger partial charge on any atom is 0.242 e. The summed E-state index contributed by atoms with van der Waals surface area (Å²) in [7, 11) is -2.09. The first-order chi connectivity index (χ1) is 19.1. The zero-order chi connectivity index (χ0) is 29.1. The Bertz CT molecular complexity index is 1380. The smallest absolute Gasteiger partial charge is 0.242 e. The number of para-hydroxylation sites is 2. The molecule has 0 aromatic heterocycles. The quantitative estimate of drug-likeness (QED) is 0.277. The number of likely N-dealkylation sites (N-methyl/N-ethyl adjacent to an activating group) is 1. The van der Waals surface area contributed by atoms with E-state index in [0.29, 0.717) is 24.5 Å². The average molecular weight is 631 g/mol. The van der Waals surface area contributed by atoms with Gasteiger partial charge in [-0.1, -0.05) is 70.5 Å². The van der Waals surface area contributed by atoms with Crippen molar-refractivity contribution >= 4 is 43.5 Å². The highest BCUT2D eigenvalue weighted by Gasteiger charge is 2.30. The summed E-state index contributed by atoms with van der Waals surface area (Å²) in [6, 6.07) is 23.4. The molecule has 3 rings (SSSR count). The number of benzene rings is 3. The van der Waals surface area contributed by atoms with Gasteiger partial charge in [0.25, 0.3) is 0 Å². The molecule has 0 bridgehead atoms. The number of ether oxygens (including phenoxy) is 1. The lowest BCUT2D eigenvalue weighted by Crippen LogP contribution is -2.49. The van der Waals surface area contributed by atoms with Crippen LogP contribution in [0.3, 0.4) is 0 Å². The predicted octanol–water partition coefficient (Wildman–Crippen LogP) is 4.78. The third kappa shape index (κ3) is 8.82. The number of sulfonamides is 1. The molecule has 0 radical (unpaired) electrons. The maximum absolute atomic E-state index is 13.8. The van der Waals surface area contributed by atoms with Crippen LogP contribution >= 0.6 is 15.9 Å². The van der Waals surface area contributed by atoms with Crippen LogP contribution in [0.15, 0.2) is 83.3 Å². The number of nitrogens with one attached hydrogen (secondary N) is 1. The molecule has 3 aromatic rings. The monoisotopic (exact) mass is 629 g/mol. The van der Waals surface area contributed by atoms with Gasteiger partial charge >= 0.3 is 0 Å². The normalized spacial score (nSPS) is 11.9. The number of amides is 2. The predicted molar refractivity (Wildman–Crippen MR) is 162 cm³/mol. The van der Waals surface area contributed by atoms with Gasteiger partial charge in [-0.25, -0.2) is 8.42 Å². The molecule has 1 unspecified atom stereocenters.